The minimum atomic E-state index is -0.489. The topological polar surface area (TPSA) is 67.0 Å². The summed E-state index contributed by atoms with van der Waals surface area (Å²) in [6.45, 7) is 6.70. The van der Waals surface area contributed by atoms with Gasteiger partial charge in [0.2, 0.25) is 0 Å². The van der Waals surface area contributed by atoms with Crippen LogP contribution in [-0.4, -0.2) is 24.2 Å². The largest absolute Gasteiger partial charge is 0.383 e. The van der Waals surface area contributed by atoms with E-state index in [9.17, 15) is 14.4 Å². The number of nitrogens with zero attached hydrogens (tertiary/aromatic N) is 2. The van der Waals surface area contributed by atoms with Gasteiger partial charge in [-0.15, -0.1) is 0 Å². The average Bonchev–Trinajstić information content (AvgIpc) is 2.91. The molecule has 0 saturated heterocycles. The predicted molar refractivity (Wildman–Crippen MR) is 102 cm³/mol. The quantitative estimate of drug-likeness (QED) is 0.598. The number of hydrogen-bond acceptors (Lipinski definition) is 3. The van der Waals surface area contributed by atoms with Crippen LogP contribution in [0.3, 0.4) is 0 Å². The number of rotatable bonds is 7. The maximum atomic E-state index is 13.2. The Kier molecular flexibility index (Phi) is 6.91. The van der Waals surface area contributed by atoms with Crippen molar-refractivity contribution in [2.75, 3.05) is 13.7 Å². The van der Waals surface area contributed by atoms with Gasteiger partial charge in [-0.05, 0) is 56.2 Å². The zero-order chi connectivity index (χ0) is 20.0. The Bertz CT molecular complexity index is 893. The number of aryl methyl sites for hydroxylation is 1. The minimum absolute atomic E-state index is 0.00560. The van der Waals surface area contributed by atoms with E-state index in [1.54, 1.807) is 25.3 Å². The molecule has 1 amide bonds. The van der Waals surface area contributed by atoms with Crippen molar-refractivity contribution in [3.8, 4) is 6.07 Å². The molecule has 2 rings (SSSR count). The summed E-state index contributed by atoms with van der Waals surface area (Å²) in [5.74, 6) is -0.855. The lowest BCUT2D eigenvalue weighted by atomic mass is 10.1. The van der Waals surface area contributed by atoms with E-state index in [1.165, 1.54) is 12.1 Å². The van der Waals surface area contributed by atoms with Crippen LogP contribution in [0.15, 0.2) is 35.9 Å². The Balaban J connectivity index is 2.19. The van der Waals surface area contributed by atoms with Crippen LogP contribution in [0.5, 0.6) is 0 Å². The van der Waals surface area contributed by atoms with Crippen LogP contribution in [0.25, 0.3) is 6.08 Å². The first-order valence-corrected chi connectivity index (χ1v) is 8.69. The van der Waals surface area contributed by atoms with Gasteiger partial charge >= 0.3 is 0 Å². The van der Waals surface area contributed by atoms with Crippen molar-refractivity contribution < 1.29 is 13.9 Å². The second-order valence-corrected chi connectivity index (χ2v) is 6.48. The van der Waals surface area contributed by atoms with Gasteiger partial charge in [-0.2, -0.15) is 5.26 Å². The van der Waals surface area contributed by atoms with Gasteiger partial charge in [0.05, 0.1) is 12.6 Å². The van der Waals surface area contributed by atoms with Crippen molar-refractivity contribution in [3.05, 3.63) is 64.2 Å². The molecule has 0 aliphatic rings. The van der Waals surface area contributed by atoms with E-state index in [0.29, 0.717) is 12.2 Å². The molecule has 0 fully saturated rings. The number of halogens is 1. The molecular weight excluding hydrogens is 345 g/mol. The lowest BCUT2D eigenvalue weighted by molar-refractivity contribution is -0.117. The number of carbonyl (C=O) groups is 1. The summed E-state index contributed by atoms with van der Waals surface area (Å²) < 4.78 is 20.6. The highest BCUT2D eigenvalue weighted by Gasteiger charge is 2.15. The molecule has 0 radical (unpaired) electrons. The highest BCUT2D eigenvalue weighted by Crippen LogP contribution is 2.22. The summed E-state index contributed by atoms with van der Waals surface area (Å²) in [7, 11) is 1.65. The van der Waals surface area contributed by atoms with Crippen molar-refractivity contribution in [1.82, 2.24) is 9.88 Å². The van der Waals surface area contributed by atoms with E-state index >= 15 is 0 Å². The van der Waals surface area contributed by atoms with Crippen molar-refractivity contribution in [2.24, 2.45) is 0 Å². The molecule has 0 spiro atoms. The summed E-state index contributed by atoms with van der Waals surface area (Å²) in [5.41, 5.74) is 3.44. The van der Waals surface area contributed by atoms with Gasteiger partial charge in [0.15, 0.2) is 0 Å². The van der Waals surface area contributed by atoms with Crippen molar-refractivity contribution >= 4 is 12.0 Å². The Hall–Kier alpha value is -2.91. The number of hydrogen-bond donors (Lipinski definition) is 1. The zero-order valence-corrected chi connectivity index (χ0v) is 16.0. The molecule has 0 aliphatic carbocycles. The Labute approximate surface area is 159 Å². The van der Waals surface area contributed by atoms with Gasteiger partial charge < -0.3 is 14.6 Å². The average molecular weight is 369 g/mol. The molecule has 5 nitrogen and oxygen atoms in total. The van der Waals surface area contributed by atoms with Crippen LogP contribution < -0.4 is 5.32 Å². The van der Waals surface area contributed by atoms with E-state index in [-0.39, 0.29) is 24.0 Å². The molecule has 27 heavy (non-hydrogen) atoms. The summed E-state index contributed by atoms with van der Waals surface area (Å²) in [6, 6.07) is 10.0. The number of ether oxygens (including phenoxy) is 1. The SMILES string of the molecule is COCC(C)n1c(C)cc(/C=C(\C#N)C(=O)NCc2cccc(F)c2)c1C. The summed E-state index contributed by atoms with van der Waals surface area (Å²) in [4.78, 5) is 12.4. The number of nitrogens with one attached hydrogen (secondary N) is 1. The lowest BCUT2D eigenvalue weighted by Crippen LogP contribution is -2.24. The fraction of sp³-hybridized carbons (Fsp3) is 0.333. The van der Waals surface area contributed by atoms with E-state index < -0.39 is 5.91 Å². The molecule has 0 saturated carbocycles. The fourth-order valence-corrected chi connectivity index (χ4v) is 3.17. The van der Waals surface area contributed by atoms with Crippen LogP contribution in [0, 0.1) is 31.0 Å². The second kappa shape index (κ2) is 9.15. The van der Waals surface area contributed by atoms with Crippen molar-refractivity contribution in [1.29, 1.82) is 5.26 Å². The standard InChI is InChI=1S/C21H24FN3O2/c1-14-8-18(16(3)25(14)15(2)13-27-4)10-19(11-23)21(26)24-12-17-6-5-7-20(22)9-17/h5-10,15H,12-13H2,1-4H3,(H,24,26)/b19-10+. The van der Waals surface area contributed by atoms with Gasteiger partial charge in [0.25, 0.3) is 5.91 Å². The number of aromatic nitrogens is 1. The third-order valence-electron chi connectivity index (χ3n) is 4.38. The van der Waals surface area contributed by atoms with Gasteiger partial charge in [0.1, 0.15) is 17.5 Å². The van der Waals surface area contributed by atoms with Crippen LogP contribution in [0.1, 0.15) is 35.5 Å². The first kappa shape index (κ1) is 20.4. The lowest BCUT2D eigenvalue weighted by Gasteiger charge is -2.17. The number of carbonyl (C=O) groups excluding carboxylic acids is 1. The molecule has 1 aromatic heterocycles. The minimum Gasteiger partial charge on any atom is -0.383 e. The Morgan fingerprint density at radius 1 is 1.41 bits per heavy atom. The van der Waals surface area contributed by atoms with Crippen LogP contribution in [0.4, 0.5) is 4.39 Å². The molecule has 6 heteroatoms. The molecule has 142 valence electrons. The third kappa shape index (κ3) is 5.05. The molecule has 1 atom stereocenters. The zero-order valence-electron chi connectivity index (χ0n) is 16.0. The summed E-state index contributed by atoms with van der Waals surface area (Å²) in [6.07, 6.45) is 1.58. The maximum Gasteiger partial charge on any atom is 0.262 e. The number of nitriles is 1. The second-order valence-electron chi connectivity index (χ2n) is 6.48. The molecular formula is C21H24FN3O2. The molecule has 1 unspecified atom stereocenters. The first-order chi connectivity index (χ1) is 12.9. The molecule has 1 N–H and O–H groups in total. The monoisotopic (exact) mass is 369 g/mol. The van der Waals surface area contributed by atoms with E-state index in [1.807, 2.05) is 32.9 Å². The summed E-state index contributed by atoms with van der Waals surface area (Å²) >= 11 is 0. The van der Waals surface area contributed by atoms with Gasteiger partial charge in [0, 0.05) is 25.0 Å². The first-order valence-electron chi connectivity index (χ1n) is 8.69. The molecule has 0 aliphatic heterocycles. The van der Waals surface area contributed by atoms with Crippen LogP contribution >= 0.6 is 0 Å². The van der Waals surface area contributed by atoms with Crippen molar-refractivity contribution in [3.63, 3.8) is 0 Å². The smallest absolute Gasteiger partial charge is 0.262 e. The van der Waals surface area contributed by atoms with E-state index in [0.717, 1.165) is 17.0 Å². The van der Waals surface area contributed by atoms with Crippen LogP contribution in [0.2, 0.25) is 0 Å². The molecule has 1 aromatic carbocycles. The predicted octanol–water partition coefficient (Wildman–Crippen LogP) is 3.67. The Morgan fingerprint density at radius 3 is 2.78 bits per heavy atom. The Morgan fingerprint density at radius 2 is 2.15 bits per heavy atom. The number of methoxy groups -OCH3 is 1. The maximum absolute atomic E-state index is 13.2. The highest BCUT2D eigenvalue weighted by molar-refractivity contribution is 6.01. The third-order valence-corrected chi connectivity index (χ3v) is 4.38. The van der Waals surface area contributed by atoms with Gasteiger partial charge in [-0.1, -0.05) is 12.1 Å². The summed E-state index contributed by atoms with van der Waals surface area (Å²) in [5, 5.41) is 12.1. The highest BCUT2D eigenvalue weighted by atomic mass is 19.1. The number of amides is 1. The molecule has 1 heterocycles. The van der Waals surface area contributed by atoms with Gasteiger partial charge in [-0.25, -0.2) is 4.39 Å². The van der Waals surface area contributed by atoms with E-state index in [4.69, 9.17) is 4.74 Å². The van der Waals surface area contributed by atoms with Crippen molar-refractivity contribution in [2.45, 2.75) is 33.4 Å². The molecule has 2 aromatic rings. The number of benzene rings is 1. The van der Waals surface area contributed by atoms with Crippen LogP contribution in [-0.2, 0) is 16.1 Å². The van der Waals surface area contributed by atoms with E-state index in [2.05, 4.69) is 9.88 Å². The fourth-order valence-electron chi connectivity index (χ4n) is 3.17. The molecule has 0 bridgehead atoms. The normalized spacial score (nSPS) is 12.5. The van der Waals surface area contributed by atoms with Gasteiger partial charge in [-0.3, -0.25) is 4.79 Å².